The highest BCUT2D eigenvalue weighted by atomic mass is 16.5. The minimum absolute atomic E-state index is 0.190. The summed E-state index contributed by atoms with van der Waals surface area (Å²) < 4.78 is 14.7. The summed E-state index contributed by atoms with van der Waals surface area (Å²) in [6.07, 6.45) is 3.63. The van der Waals surface area contributed by atoms with E-state index in [1.54, 1.807) is 37.3 Å². The topological polar surface area (TPSA) is 61.8 Å². The predicted octanol–water partition coefficient (Wildman–Crippen LogP) is 2.45. The SMILES string of the molecule is CCOC(=O)CC=Cc1ccc(C(=O)OC)cc1OC. The lowest BCUT2D eigenvalue weighted by Crippen LogP contribution is -2.02. The standard InChI is InChI=1S/C15H18O5/c1-4-20-14(16)7-5-6-11-8-9-12(15(17)19-3)10-13(11)18-2/h5-6,8-10H,4,7H2,1-3H3. The first-order valence-corrected chi connectivity index (χ1v) is 6.20. The van der Waals surface area contributed by atoms with Gasteiger partial charge in [0.2, 0.25) is 0 Å². The van der Waals surface area contributed by atoms with Crippen LogP contribution in [-0.2, 0) is 14.3 Å². The second-order valence-electron chi connectivity index (χ2n) is 3.86. The van der Waals surface area contributed by atoms with Crippen LogP contribution in [-0.4, -0.2) is 32.8 Å². The first-order valence-electron chi connectivity index (χ1n) is 6.20. The van der Waals surface area contributed by atoms with E-state index >= 15 is 0 Å². The van der Waals surface area contributed by atoms with Crippen LogP contribution in [0.1, 0.15) is 29.3 Å². The lowest BCUT2D eigenvalue weighted by molar-refractivity contribution is -0.142. The van der Waals surface area contributed by atoms with Crippen LogP contribution in [0.4, 0.5) is 0 Å². The number of carbonyl (C=O) groups is 2. The third kappa shape index (κ3) is 4.42. The molecule has 0 spiro atoms. The molecule has 0 fully saturated rings. The van der Waals surface area contributed by atoms with Gasteiger partial charge in [-0.3, -0.25) is 4.79 Å². The largest absolute Gasteiger partial charge is 0.496 e. The molecular formula is C15H18O5. The summed E-state index contributed by atoms with van der Waals surface area (Å²) in [6.45, 7) is 2.12. The van der Waals surface area contributed by atoms with E-state index < -0.39 is 5.97 Å². The first-order chi connectivity index (χ1) is 9.62. The van der Waals surface area contributed by atoms with Crippen molar-refractivity contribution in [3.63, 3.8) is 0 Å². The predicted molar refractivity (Wildman–Crippen MR) is 74.6 cm³/mol. The molecular weight excluding hydrogens is 260 g/mol. The Morgan fingerprint density at radius 2 is 2.00 bits per heavy atom. The number of benzene rings is 1. The Morgan fingerprint density at radius 1 is 1.25 bits per heavy atom. The Labute approximate surface area is 118 Å². The highest BCUT2D eigenvalue weighted by Gasteiger charge is 2.09. The van der Waals surface area contributed by atoms with Gasteiger partial charge in [0.15, 0.2) is 0 Å². The van der Waals surface area contributed by atoms with E-state index in [2.05, 4.69) is 4.74 Å². The van der Waals surface area contributed by atoms with Crippen LogP contribution < -0.4 is 4.74 Å². The van der Waals surface area contributed by atoms with Gasteiger partial charge in [-0.05, 0) is 19.1 Å². The molecule has 0 radical (unpaired) electrons. The second-order valence-corrected chi connectivity index (χ2v) is 3.86. The van der Waals surface area contributed by atoms with E-state index in [1.165, 1.54) is 14.2 Å². The van der Waals surface area contributed by atoms with Crippen molar-refractivity contribution in [1.29, 1.82) is 0 Å². The average molecular weight is 278 g/mol. The number of ether oxygens (including phenoxy) is 3. The Kier molecular flexibility index (Phi) is 6.29. The molecule has 0 N–H and O–H groups in total. The van der Waals surface area contributed by atoms with E-state index in [0.29, 0.717) is 17.9 Å². The van der Waals surface area contributed by atoms with Crippen molar-refractivity contribution in [3.05, 3.63) is 35.4 Å². The summed E-state index contributed by atoms with van der Waals surface area (Å²) in [5.74, 6) is -0.174. The molecule has 0 unspecified atom stereocenters. The molecule has 1 aromatic carbocycles. The molecule has 0 atom stereocenters. The van der Waals surface area contributed by atoms with Gasteiger partial charge in [-0.15, -0.1) is 0 Å². The normalized spacial score (nSPS) is 10.3. The van der Waals surface area contributed by atoms with Gasteiger partial charge in [0.25, 0.3) is 0 Å². The molecule has 0 aliphatic heterocycles. The van der Waals surface area contributed by atoms with E-state index in [9.17, 15) is 9.59 Å². The maximum Gasteiger partial charge on any atom is 0.337 e. The Balaban J connectivity index is 2.82. The van der Waals surface area contributed by atoms with Crippen molar-refractivity contribution in [1.82, 2.24) is 0 Å². The molecule has 0 saturated heterocycles. The Morgan fingerprint density at radius 3 is 2.60 bits per heavy atom. The number of esters is 2. The van der Waals surface area contributed by atoms with E-state index in [0.717, 1.165) is 5.56 Å². The van der Waals surface area contributed by atoms with Crippen LogP contribution in [0.15, 0.2) is 24.3 Å². The molecule has 0 amide bonds. The summed E-state index contributed by atoms with van der Waals surface area (Å²) in [4.78, 5) is 22.6. The van der Waals surface area contributed by atoms with Crippen LogP contribution in [0.3, 0.4) is 0 Å². The number of methoxy groups -OCH3 is 2. The van der Waals surface area contributed by atoms with Crippen LogP contribution in [0.25, 0.3) is 6.08 Å². The van der Waals surface area contributed by atoms with Gasteiger partial charge >= 0.3 is 11.9 Å². The molecule has 0 heterocycles. The van der Waals surface area contributed by atoms with Gasteiger partial charge in [0.1, 0.15) is 5.75 Å². The molecule has 5 nitrogen and oxygen atoms in total. The van der Waals surface area contributed by atoms with Crippen LogP contribution in [0.5, 0.6) is 5.75 Å². The zero-order chi connectivity index (χ0) is 15.0. The van der Waals surface area contributed by atoms with Gasteiger partial charge < -0.3 is 14.2 Å². The average Bonchev–Trinajstić information content (AvgIpc) is 2.47. The molecule has 1 rings (SSSR count). The molecule has 0 aliphatic carbocycles. The van der Waals surface area contributed by atoms with E-state index in [1.807, 2.05) is 0 Å². The van der Waals surface area contributed by atoms with Crippen LogP contribution in [0.2, 0.25) is 0 Å². The molecule has 1 aromatic rings. The van der Waals surface area contributed by atoms with Gasteiger partial charge in [0, 0.05) is 5.56 Å². The molecule has 108 valence electrons. The van der Waals surface area contributed by atoms with Crippen molar-refractivity contribution in [2.75, 3.05) is 20.8 Å². The van der Waals surface area contributed by atoms with Gasteiger partial charge in [0.05, 0.1) is 32.8 Å². The summed E-state index contributed by atoms with van der Waals surface area (Å²) in [7, 11) is 2.83. The third-order valence-electron chi connectivity index (χ3n) is 2.54. The molecule has 0 aromatic heterocycles. The fourth-order valence-electron chi connectivity index (χ4n) is 1.60. The minimum Gasteiger partial charge on any atom is -0.496 e. The van der Waals surface area contributed by atoms with E-state index in [4.69, 9.17) is 9.47 Å². The minimum atomic E-state index is -0.426. The van der Waals surface area contributed by atoms with Gasteiger partial charge in [-0.2, -0.15) is 0 Å². The fraction of sp³-hybridized carbons (Fsp3) is 0.333. The maximum absolute atomic E-state index is 11.4. The summed E-state index contributed by atoms with van der Waals surface area (Å²) in [5, 5.41) is 0. The number of hydrogen-bond donors (Lipinski definition) is 0. The summed E-state index contributed by atoms with van der Waals surface area (Å²) >= 11 is 0. The smallest absolute Gasteiger partial charge is 0.337 e. The highest BCUT2D eigenvalue weighted by molar-refractivity contribution is 5.90. The first kappa shape index (κ1) is 15.8. The number of rotatable bonds is 6. The quantitative estimate of drug-likeness (QED) is 0.748. The monoisotopic (exact) mass is 278 g/mol. The second kappa shape index (κ2) is 7.99. The Bertz CT molecular complexity index is 505. The van der Waals surface area contributed by atoms with Crippen molar-refractivity contribution >= 4 is 18.0 Å². The maximum atomic E-state index is 11.4. The summed E-state index contributed by atoms with van der Waals surface area (Å²) in [6, 6.07) is 4.96. The zero-order valence-electron chi connectivity index (χ0n) is 11.8. The van der Waals surface area contributed by atoms with Crippen molar-refractivity contribution in [3.8, 4) is 5.75 Å². The lowest BCUT2D eigenvalue weighted by Gasteiger charge is -2.07. The van der Waals surface area contributed by atoms with Crippen LogP contribution >= 0.6 is 0 Å². The molecule has 0 bridgehead atoms. The lowest BCUT2D eigenvalue weighted by atomic mass is 10.1. The molecule has 5 heteroatoms. The van der Waals surface area contributed by atoms with Crippen molar-refractivity contribution < 1.29 is 23.8 Å². The highest BCUT2D eigenvalue weighted by Crippen LogP contribution is 2.22. The Hall–Kier alpha value is -2.30. The van der Waals surface area contributed by atoms with Crippen molar-refractivity contribution in [2.45, 2.75) is 13.3 Å². The number of carbonyl (C=O) groups excluding carboxylic acids is 2. The van der Waals surface area contributed by atoms with Gasteiger partial charge in [-0.1, -0.05) is 18.2 Å². The van der Waals surface area contributed by atoms with Gasteiger partial charge in [-0.25, -0.2) is 4.79 Å². The molecule has 20 heavy (non-hydrogen) atoms. The number of hydrogen-bond acceptors (Lipinski definition) is 5. The van der Waals surface area contributed by atoms with Crippen LogP contribution in [0, 0.1) is 0 Å². The van der Waals surface area contributed by atoms with E-state index in [-0.39, 0.29) is 12.4 Å². The molecule has 0 saturated carbocycles. The summed E-state index contributed by atoms with van der Waals surface area (Å²) in [5.41, 5.74) is 1.18. The third-order valence-corrected chi connectivity index (χ3v) is 2.54. The van der Waals surface area contributed by atoms with Crippen molar-refractivity contribution in [2.24, 2.45) is 0 Å². The fourth-order valence-corrected chi connectivity index (χ4v) is 1.60. The molecule has 0 aliphatic rings. The zero-order valence-corrected chi connectivity index (χ0v) is 11.8.